The van der Waals surface area contributed by atoms with Gasteiger partial charge >= 0.3 is 12.1 Å². The lowest BCUT2D eigenvalue weighted by atomic mass is 9.77. The molecule has 1 amide bonds. The Hall–Kier alpha value is -2.97. The van der Waals surface area contributed by atoms with Crippen LogP contribution < -0.4 is 4.74 Å². The van der Waals surface area contributed by atoms with Crippen LogP contribution in [0.2, 0.25) is 10.0 Å². The molecule has 0 radical (unpaired) electrons. The maximum Gasteiger partial charge on any atom is 0.433 e. The Balaban J connectivity index is 1.98. The summed E-state index contributed by atoms with van der Waals surface area (Å²) in [7, 11) is 1.39. The Bertz CT molecular complexity index is 1300. The standard InChI is InChI=1S/C27H31Cl2F3N4O4/c1-6-15-11-16(7-8-17(15)25(38)39)36-22(27(30,31)32)19(12-34-36)24(37)35(14-26(2,3)4)10-9-18-20(28)13-33-23(40-5)21(18)29/h1,12-13,15-17H,7-11,14H2,2-5H3,(H,38,39)/t15-,16+,17+/m0/s1. The lowest BCUT2D eigenvalue weighted by Gasteiger charge is -2.33. The lowest BCUT2D eigenvalue weighted by Crippen LogP contribution is -2.40. The topological polar surface area (TPSA) is 97.5 Å². The number of carboxylic acid groups (broad SMARTS) is 1. The molecule has 3 rings (SSSR count). The highest BCUT2D eigenvalue weighted by Gasteiger charge is 2.44. The summed E-state index contributed by atoms with van der Waals surface area (Å²) in [5.41, 5.74) is -1.79. The smallest absolute Gasteiger partial charge is 0.433 e. The quantitative estimate of drug-likeness (QED) is 0.371. The number of methoxy groups -OCH3 is 1. The molecule has 2 aromatic rings. The third kappa shape index (κ3) is 7.02. The average Bonchev–Trinajstić information content (AvgIpc) is 3.32. The number of halogens is 5. The number of hydrogen-bond donors (Lipinski definition) is 1. The van der Waals surface area contributed by atoms with E-state index < -0.39 is 52.6 Å². The van der Waals surface area contributed by atoms with Crippen LogP contribution in [-0.4, -0.2) is 56.8 Å². The number of rotatable bonds is 8. The molecular formula is C27H31Cl2F3N4O4. The SMILES string of the molecule is C#C[C@H]1C[C@H](n2ncc(C(=O)N(CCc3c(Cl)cnc(OC)c3Cl)CC(C)(C)C)c2C(F)(F)F)CC[C@H]1C(=O)O. The first-order chi connectivity index (χ1) is 18.6. The van der Waals surface area contributed by atoms with Crippen molar-refractivity contribution in [2.24, 2.45) is 17.3 Å². The zero-order valence-electron chi connectivity index (χ0n) is 22.6. The van der Waals surface area contributed by atoms with Gasteiger partial charge in [0.25, 0.3) is 5.91 Å². The lowest BCUT2D eigenvalue weighted by molar-refractivity contribution is -0.148. The number of carbonyl (C=O) groups is 2. The summed E-state index contributed by atoms with van der Waals surface area (Å²) in [5, 5.41) is 13.8. The first-order valence-corrected chi connectivity index (χ1v) is 13.3. The third-order valence-electron chi connectivity index (χ3n) is 6.81. The molecule has 0 spiro atoms. The molecule has 2 aromatic heterocycles. The van der Waals surface area contributed by atoms with Crippen molar-refractivity contribution in [3.63, 3.8) is 0 Å². The van der Waals surface area contributed by atoms with Crippen LogP contribution >= 0.6 is 23.2 Å². The van der Waals surface area contributed by atoms with Crippen molar-refractivity contribution in [2.75, 3.05) is 20.2 Å². The number of pyridine rings is 1. The molecule has 0 unspecified atom stereocenters. The first kappa shape index (κ1) is 31.6. The van der Waals surface area contributed by atoms with Gasteiger partial charge in [-0.05, 0) is 36.7 Å². The van der Waals surface area contributed by atoms with Crippen LogP contribution in [0.3, 0.4) is 0 Å². The highest BCUT2D eigenvalue weighted by atomic mass is 35.5. The van der Waals surface area contributed by atoms with Gasteiger partial charge in [-0.3, -0.25) is 14.3 Å². The highest BCUT2D eigenvalue weighted by molar-refractivity contribution is 6.36. The zero-order valence-corrected chi connectivity index (χ0v) is 24.1. The van der Waals surface area contributed by atoms with Gasteiger partial charge in [-0.15, -0.1) is 12.3 Å². The second kappa shape index (κ2) is 12.3. The Kier molecular flexibility index (Phi) is 9.68. The van der Waals surface area contributed by atoms with Crippen LogP contribution in [-0.2, 0) is 17.4 Å². The molecule has 0 saturated heterocycles. The molecule has 3 atom stereocenters. The number of hydrogen-bond acceptors (Lipinski definition) is 5. The van der Waals surface area contributed by atoms with E-state index in [4.69, 9.17) is 34.4 Å². The minimum absolute atomic E-state index is 0.00155. The predicted octanol–water partition coefficient (Wildman–Crippen LogP) is 6.02. The Morgan fingerprint density at radius 3 is 2.48 bits per heavy atom. The fraction of sp³-hybridized carbons (Fsp3) is 0.556. The van der Waals surface area contributed by atoms with Crippen molar-refractivity contribution in [1.82, 2.24) is 19.7 Å². The van der Waals surface area contributed by atoms with Crippen molar-refractivity contribution in [2.45, 2.75) is 58.7 Å². The number of terminal acetylenes is 1. The summed E-state index contributed by atoms with van der Waals surface area (Å²) < 4.78 is 49.3. The van der Waals surface area contributed by atoms with E-state index in [0.29, 0.717) is 5.56 Å². The molecule has 0 aliphatic heterocycles. The van der Waals surface area contributed by atoms with Crippen molar-refractivity contribution in [1.29, 1.82) is 0 Å². The first-order valence-electron chi connectivity index (χ1n) is 12.6. The van der Waals surface area contributed by atoms with Crippen LogP contribution in [0.1, 0.15) is 67.7 Å². The van der Waals surface area contributed by atoms with Gasteiger partial charge < -0.3 is 14.7 Å². The highest BCUT2D eigenvalue weighted by Crippen LogP contribution is 2.41. The molecule has 1 aliphatic carbocycles. The van der Waals surface area contributed by atoms with E-state index in [0.717, 1.165) is 10.9 Å². The molecule has 0 bridgehead atoms. The van der Waals surface area contributed by atoms with E-state index in [-0.39, 0.29) is 54.7 Å². The van der Waals surface area contributed by atoms with E-state index in [1.165, 1.54) is 18.2 Å². The number of ether oxygens (including phenoxy) is 1. The van der Waals surface area contributed by atoms with E-state index >= 15 is 0 Å². The number of amides is 1. The minimum atomic E-state index is -4.91. The summed E-state index contributed by atoms with van der Waals surface area (Å²) in [6, 6.07) is -0.812. The zero-order chi connectivity index (χ0) is 30.0. The molecule has 40 heavy (non-hydrogen) atoms. The van der Waals surface area contributed by atoms with Gasteiger partial charge in [0.2, 0.25) is 5.88 Å². The molecule has 1 saturated carbocycles. The monoisotopic (exact) mass is 602 g/mol. The summed E-state index contributed by atoms with van der Waals surface area (Å²) >= 11 is 12.6. The Morgan fingerprint density at radius 1 is 1.25 bits per heavy atom. The number of alkyl halides is 3. The van der Waals surface area contributed by atoms with Crippen molar-refractivity contribution in [3.8, 4) is 18.2 Å². The van der Waals surface area contributed by atoms with Crippen LogP contribution in [0.25, 0.3) is 0 Å². The summed E-state index contributed by atoms with van der Waals surface area (Å²) in [5.74, 6) is -1.00. The fourth-order valence-electron chi connectivity index (χ4n) is 5.03. The minimum Gasteiger partial charge on any atom is -0.481 e. The Morgan fingerprint density at radius 2 is 1.93 bits per heavy atom. The number of aromatic nitrogens is 3. The van der Waals surface area contributed by atoms with Gasteiger partial charge in [-0.25, -0.2) is 4.98 Å². The molecule has 1 N–H and O–H groups in total. The Labute approximate surface area is 240 Å². The molecule has 8 nitrogen and oxygen atoms in total. The maximum atomic E-state index is 14.5. The number of carbonyl (C=O) groups excluding carboxylic acids is 1. The van der Waals surface area contributed by atoms with Gasteiger partial charge in [0.05, 0.1) is 35.9 Å². The summed E-state index contributed by atoms with van der Waals surface area (Å²) in [6.07, 6.45) is 3.24. The van der Waals surface area contributed by atoms with Crippen LogP contribution in [0.4, 0.5) is 13.2 Å². The molecule has 1 aliphatic rings. The second-order valence-electron chi connectivity index (χ2n) is 11.0. The van der Waals surface area contributed by atoms with E-state index in [9.17, 15) is 27.9 Å². The van der Waals surface area contributed by atoms with Gasteiger partial charge in [0.1, 0.15) is 5.02 Å². The van der Waals surface area contributed by atoms with Crippen molar-refractivity contribution >= 4 is 35.1 Å². The summed E-state index contributed by atoms with van der Waals surface area (Å²) in [6.45, 7) is 5.72. The molecule has 1 fully saturated rings. The number of nitrogens with zero attached hydrogens (tertiary/aromatic N) is 4. The fourth-order valence-corrected chi connectivity index (χ4v) is 5.63. The van der Waals surface area contributed by atoms with E-state index in [2.05, 4.69) is 16.0 Å². The number of carboxylic acids is 1. The average molecular weight is 603 g/mol. The maximum absolute atomic E-state index is 14.5. The van der Waals surface area contributed by atoms with E-state index in [1.807, 2.05) is 20.8 Å². The third-order valence-corrected chi connectivity index (χ3v) is 7.52. The van der Waals surface area contributed by atoms with Crippen LogP contribution in [0, 0.1) is 29.6 Å². The molecular weight excluding hydrogens is 572 g/mol. The number of aliphatic carboxylic acids is 1. The molecule has 218 valence electrons. The van der Waals surface area contributed by atoms with Crippen LogP contribution in [0.5, 0.6) is 5.88 Å². The van der Waals surface area contributed by atoms with Crippen molar-refractivity contribution < 1.29 is 32.6 Å². The second-order valence-corrected chi connectivity index (χ2v) is 11.8. The van der Waals surface area contributed by atoms with E-state index in [1.54, 1.807) is 0 Å². The largest absolute Gasteiger partial charge is 0.481 e. The van der Waals surface area contributed by atoms with Gasteiger partial charge in [0.15, 0.2) is 5.69 Å². The van der Waals surface area contributed by atoms with Gasteiger partial charge in [-0.1, -0.05) is 44.0 Å². The van der Waals surface area contributed by atoms with Crippen molar-refractivity contribution in [3.05, 3.63) is 39.3 Å². The molecule has 0 aromatic carbocycles. The van der Waals surface area contributed by atoms with Gasteiger partial charge in [-0.2, -0.15) is 18.3 Å². The predicted molar refractivity (Wildman–Crippen MR) is 143 cm³/mol. The molecule has 2 heterocycles. The molecule has 13 heteroatoms. The van der Waals surface area contributed by atoms with Crippen LogP contribution in [0.15, 0.2) is 12.4 Å². The summed E-state index contributed by atoms with van der Waals surface area (Å²) in [4.78, 5) is 30.6. The van der Waals surface area contributed by atoms with Gasteiger partial charge in [0, 0.05) is 25.2 Å². The normalized spacial score (nSPS) is 19.6.